The van der Waals surface area contributed by atoms with Crippen molar-refractivity contribution in [3.05, 3.63) is 53.2 Å². The Morgan fingerprint density at radius 3 is 2.74 bits per heavy atom. The summed E-state index contributed by atoms with van der Waals surface area (Å²) in [5, 5.41) is 7.02. The van der Waals surface area contributed by atoms with Crippen molar-refractivity contribution in [2.75, 3.05) is 6.54 Å². The van der Waals surface area contributed by atoms with E-state index in [9.17, 15) is 17.6 Å². The van der Waals surface area contributed by atoms with E-state index in [0.717, 1.165) is 37.3 Å². The van der Waals surface area contributed by atoms with Gasteiger partial charge in [0.2, 0.25) is 0 Å². The van der Waals surface area contributed by atoms with Crippen LogP contribution in [0.15, 0.2) is 35.0 Å². The highest BCUT2D eigenvalue weighted by Crippen LogP contribution is 2.32. The summed E-state index contributed by atoms with van der Waals surface area (Å²) >= 11 is 0. The number of piperidine rings is 1. The third kappa shape index (κ3) is 3.72. The number of halogens is 4. The van der Waals surface area contributed by atoms with Gasteiger partial charge in [0.1, 0.15) is 11.6 Å². The van der Waals surface area contributed by atoms with Crippen molar-refractivity contribution < 1.29 is 22.1 Å². The van der Waals surface area contributed by atoms with E-state index in [1.54, 1.807) is 6.20 Å². The van der Waals surface area contributed by atoms with Crippen LogP contribution in [-0.2, 0) is 12.6 Å². The molecule has 2 aromatic rings. The Labute approximate surface area is 130 Å². The Morgan fingerprint density at radius 1 is 1.26 bits per heavy atom. The van der Waals surface area contributed by atoms with Gasteiger partial charge in [-0.2, -0.15) is 13.2 Å². The molecule has 0 unspecified atom stereocenters. The molecule has 1 aliphatic heterocycles. The van der Waals surface area contributed by atoms with Crippen molar-refractivity contribution in [3.8, 4) is 0 Å². The zero-order valence-electron chi connectivity index (χ0n) is 12.2. The maximum atomic E-state index is 13.6. The number of hydrogen-bond donors (Lipinski definition) is 1. The van der Waals surface area contributed by atoms with E-state index in [4.69, 9.17) is 4.52 Å². The number of alkyl halides is 3. The number of aromatic nitrogens is 1. The molecule has 1 aromatic heterocycles. The summed E-state index contributed by atoms with van der Waals surface area (Å²) in [6.07, 6.45) is -0.911. The molecule has 2 atom stereocenters. The fourth-order valence-corrected chi connectivity index (χ4v) is 3.06. The maximum Gasteiger partial charge on any atom is 0.419 e. The Hall–Kier alpha value is -1.89. The molecule has 23 heavy (non-hydrogen) atoms. The first-order chi connectivity index (χ1) is 10.9. The Balaban J connectivity index is 1.68. The lowest BCUT2D eigenvalue weighted by Crippen LogP contribution is -2.38. The topological polar surface area (TPSA) is 38.1 Å². The van der Waals surface area contributed by atoms with Gasteiger partial charge in [0, 0.05) is 18.0 Å². The predicted octanol–water partition coefficient (Wildman–Crippen LogP) is 3.91. The minimum absolute atomic E-state index is 0.0648. The summed E-state index contributed by atoms with van der Waals surface area (Å²) in [6.45, 7) is 0.777. The fourth-order valence-electron chi connectivity index (χ4n) is 3.06. The van der Waals surface area contributed by atoms with E-state index in [1.165, 1.54) is 6.07 Å². The molecule has 124 valence electrons. The second-order valence-corrected chi connectivity index (χ2v) is 5.80. The zero-order chi connectivity index (χ0) is 16.4. The molecule has 0 amide bonds. The van der Waals surface area contributed by atoms with Crippen molar-refractivity contribution in [1.29, 1.82) is 0 Å². The molecule has 1 aromatic carbocycles. The average Bonchev–Trinajstić information content (AvgIpc) is 3.00. The van der Waals surface area contributed by atoms with Crippen LogP contribution in [0, 0.1) is 5.82 Å². The van der Waals surface area contributed by atoms with Gasteiger partial charge in [-0.25, -0.2) is 4.39 Å². The molecule has 1 aliphatic rings. The van der Waals surface area contributed by atoms with E-state index < -0.39 is 17.6 Å². The minimum atomic E-state index is -4.66. The lowest BCUT2D eigenvalue weighted by Gasteiger charge is -2.29. The molecule has 3 rings (SSSR count). The molecule has 0 radical (unpaired) electrons. The van der Waals surface area contributed by atoms with Crippen LogP contribution in [-0.4, -0.2) is 17.7 Å². The van der Waals surface area contributed by atoms with Gasteiger partial charge in [0.15, 0.2) is 0 Å². The van der Waals surface area contributed by atoms with Gasteiger partial charge in [-0.3, -0.25) is 0 Å². The van der Waals surface area contributed by atoms with E-state index in [0.29, 0.717) is 12.0 Å². The molecule has 2 heterocycles. The Bertz CT molecular complexity index is 655. The van der Waals surface area contributed by atoms with Gasteiger partial charge in [-0.1, -0.05) is 11.2 Å². The summed E-state index contributed by atoms with van der Waals surface area (Å²) < 4.78 is 56.6. The van der Waals surface area contributed by atoms with Gasteiger partial charge in [-0.15, -0.1) is 0 Å². The molecule has 0 bridgehead atoms. The first-order valence-corrected chi connectivity index (χ1v) is 7.43. The summed E-state index contributed by atoms with van der Waals surface area (Å²) in [5.41, 5.74) is -0.677. The highest BCUT2D eigenvalue weighted by Gasteiger charge is 2.34. The molecular weight excluding hydrogens is 312 g/mol. The van der Waals surface area contributed by atoms with Crippen LogP contribution in [0.4, 0.5) is 17.6 Å². The van der Waals surface area contributed by atoms with E-state index >= 15 is 0 Å². The first-order valence-electron chi connectivity index (χ1n) is 7.43. The van der Waals surface area contributed by atoms with Gasteiger partial charge < -0.3 is 9.84 Å². The Morgan fingerprint density at radius 2 is 2.09 bits per heavy atom. The molecule has 0 saturated carbocycles. The smallest absolute Gasteiger partial charge is 0.361 e. The van der Waals surface area contributed by atoms with Crippen LogP contribution in [0.3, 0.4) is 0 Å². The molecule has 1 fully saturated rings. The van der Waals surface area contributed by atoms with E-state index in [2.05, 4.69) is 10.5 Å². The minimum Gasteiger partial charge on any atom is -0.361 e. The largest absolute Gasteiger partial charge is 0.419 e. The van der Waals surface area contributed by atoms with Crippen LogP contribution in [0.1, 0.15) is 35.6 Å². The average molecular weight is 328 g/mol. The van der Waals surface area contributed by atoms with Gasteiger partial charge >= 0.3 is 6.18 Å². The third-order valence-corrected chi connectivity index (χ3v) is 4.18. The normalized spacial score (nSPS) is 22.3. The number of hydrogen-bond acceptors (Lipinski definition) is 3. The Kier molecular flexibility index (Phi) is 4.39. The van der Waals surface area contributed by atoms with Gasteiger partial charge in [0.25, 0.3) is 0 Å². The quantitative estimate of drug-likeness (QED) is 0.868. The van der Waals surface area contributed by atoms with Gasteiger partial charge in [-0.05, 0) is 43.5 Å². The van der Waals surface area contributed by atoms with Crippen LogP contribution < -0.4 is 5.32 Å². The number of nitrogens with zero attached hydrogens (tertiary/aromatic N) is 1. The second-order valence-electron chi connectivity index (χ2n) is 5.80. The van der Waals surface area contributed by atoms with Gasteiger partial charge in [0.05, 0.1) is 11.8 Å². The maximum absolute atomic E-state index is 13.6. The molecule has 3 nitrogen and oxygen atoms in total. The van der Waals surface area contributed by atoms with Crippen LogP contribution in [0.5, 0.6) is 0 Å². The third-order valence-electron chi connectivity index (χ3n) is 4.18. The number of rotatable bonds is 3. The predicted molar refractivity (Wildman–Crippen MR) is 75.4 cm³/mol. The van der Waals surface area contributed by atoms with Crippen molar-refractivity contribution in [3.63, 3.8) is 0 Å². The monoisotopic (exact) mass is 328 g/mol. The molecule has 0 spiro atoms. The summed E-state index contributed by atoms with van der Waals surface area (Å²) in [5.74, 6) is -0.185. The molecule has 1 N–H and O–H groups in total. The van der Waals surface area contributed by atoms with Crippen molar-refractivity contribution in [1.82, 2.24) is 10.5 Å². The van der Waals surface area contributed by atoms with Crippen molar-refractivity contribution in [2.45, 2.75) is 37.4 Å². The lowest BCUT2D eigenvalue weighted by molar-refractivity contribution is -0.140. The zero-order valence-corrected chi connectivity index (χ0v) is 12.2. The molecule has 7 heteroatoms. The highest BCUT2D eigenvalue weighted by molar-refractivity contribution is 5.27. The lowest BCUT2D eigenvalue weighted by atomic mass is 9.87. The summed E-state index contributed by atoms with van der Waals surface area (Å²) in [7, 11) is 0. The summed E-state index contributed by atoms with van der Waals surface area (Å²) in [6, 6.07) is 5.01. The highest BCUT2D eigenvalue weighted by atomic mass is 19.4. The van der Waals surface area contributed by atoms with Crippen LogP contribution in [0.25, 0.3) is 0 Å². The van der Waals surface area contributed by atoms with Crippen molar-refractivity contribution in [2.24, 2.45) is 0 Å². The van der Waals surface area contributed by atoms with Crippen LogP contribution >= 0.6 is 0 Å². The molecule has 1 saturated heterocycles. The standard InChI is InChI=1S/C16H16F4N2O/c17-14-8-10(1-2-13(14)16(18,19)20)7-12-9-11(3-5-21-12)15-4-6-22-23-15/h1-2,4,6,8,11-12,21H,3,5,7,9H2/t11-,12-/m1/s1. The fraction of sp³-hybridized carbons (Fsp3) is 0.438. The van der Waals surface area contributed by atoms with E-state index in [-0.39, 0.29) is 12.0 Å². The molecular formula is C16H16F4N2O. The number of nitrogens with one attached hydrogen (secondary N) is 1. The van der Waals surface area contributed by atoms with Crippen LogP contribution in [0.2, 0.25) is 0 Å². The first kappa shape index (κ1) is 16.0. The van der Waals surface area contributed by atoms with E-state index in [1.807, 2.05) is 6.07 Å². The second kappa shape index (κ2) is 6.31. The SMILES string of the molecule is Fc1cc(C[C@@H]2C[C@H](c3ccno3)CCN2)ccc1C(F)(F)F. The number of benzene rings is 1. The van der Waals surface area contributed by atoms with Crippen molar-refractivity contribution >= 4 is 0 Å². The molecule has 0 aliphatic carbocycles. The summed E-state index contributed by atoms with van der Waals surface area (Å²) in [4.78, 5) is 0.